The van der Waals surface area contributed by atoms with Crippen molar-refractivity contribution in [3.8, 4) is 11.1 Å². The van der Waals surface area contributed by atoms with E-state index in [1.54, 1.807) is 0 Å². The van der Waals surface area contributed by atoms with Crippen LogP contribution >= 0.6 is 0 Å². The average molecular weight is 449 g/mol. The number of fused-ring (bicyclic) bond motifs is 3. The van der Waals surface area contributed by atoms with Crippen molar-refractivity contribution in [2.75, 3.05) is 0 Å². The molecule has 4 aromatic rings. The number of hydrogen-bond acceptors (Lipinski definition) is 1. The van der Waals surface area contributed by atoms with Crippen molar-refractivity contribution in [1.82, 2.24) is 0 Å². The van der Waals surface area contributed by atoms with E-state index < -0.39 is 0 Å². The Kier molecular flexibility index (Phi) is 4.61. The summed E-state index contributed by atoms with van der Waals surface area (Å²) in [4.78, 5) is 0. The number of rotatable bonds is 3. The Morgan fingerprint density at radius 2 is 1.31 bits per heavy atom. The average Bonchev–Trinajstić information content (AvgIpc) is 2.99. The van der Waals surface area contributed by atoms with E-state index in [4.69, 9.17) is 4.42 Å². The molecule has 1 nitrogen and oxygen atoms in total. The zero-order chi connectivity index (χ0) is 18.4. The van der Waals surface area contributed by atoms with Gasteiger partial charge in [0.2, 0.25) is 0 Å². The predicted octanol–water partition coefficient (Wildman–Crippen LogP) is 6.29. The van der Waals surface area contributed by atoms with E-state index in [0.717, 1.165) is 11.2 Å². The summed E-state index contributed by atoms with van der Waals surface area (Å²) in [5.74, 6) is 1.06. The van der Waals surface area contributed by atoms with Crippen molar-refractivity contribution >= 4 is 48.5 Å². The van der Waals surface area contributed by atoms with Gasteiger partial charge in [-0.15, -0.1) is 0 Å². The van der Waals surface area contributed by atoms with Crippen LogP contribution in [0.1, 0.15) is 50.7 Å². The summed E-state index contributed by atoms with van der Waals surface area (Å²) in [5.41, 5.74) is 7.36. The zero-order valence-corrected chi connectivity index (χ0v) is 18.3. The SMILES string of the molecule is CC(C)c1cc(-c2ccc3c(c2)oc2ccccc23)cc(C(C)C)[c]1[Sb]. The monoisotopic (exact) mass is 448 g/mol. The van der Waals surface area contributed by atoms with Crippen LogP contribution < -0.4 is 3.51 Å². The third kappa shape index (κ3) is 2.97. The van der Waals surface area contributed by atoms with Gasteiger partial charge in [-0.25, -0.2) is 0 Å². The second-order valence-corrected chi connectivity index (χ2v) is 8.90. The molecule has 0 fully saturated rings. The molecule has 0 amide bonds. The van der Waals surface area contributed by atoms with Gasteiger partial charge in [0, 0.05) is 0 Å². The zero-order valence-electron chi connectivity index (χ0n) is 15.7. The summed E-state index contributed by atoms with van der Waals surface area (Å²) in [6, 6.07) is 19.6. The molecule has 0 aliphatic heterocycles. The molecule has 0 bridgehead atoms. The van der Waals surface area contributed by atoms with Crippen LogP contribution in [0.15, 0.2) is 59.0 Å². The number of hydrogen-bond donors (Lipinski definition) is 0. The van der Waals surface area contributed by atoms with Gasteiger partial charge in [0.05, 0.1) is 0 Å². The van der Waals surface area contributed by atoms with Gasteiger partial charge in [0.15, 0.2) is 0 Å². The van der Waals surface area contributed by atoms with E-state index in [9.17, 15) is 0 Å². The molecule has 2 radical (unpaired) electrons. The van der Waals surface area contributed by atoms with E-state index in [2.05, 4.69) is 70.2 Å². The quantitative estimate of drug-likeness (QED) is 0.335. The predicted molar refractivity (Wildman–Crippen MR) is 113 cm³/mol. The molecule has 1 heterocycles. The van der Waals surface area contributed by atoms with E-state index in [-0.39, 0.29) is 0 Å². The van der Waals surface area contributed by atoms with Crippen LogP contribution in [0.4, 0.5) is 0 Å². The summed E-state index contributed by atoms with van der Waals surface area (Å²) in [6.07, 6.45) is 0. The van der Waals surface area contributed by atoms with Crippen molar-refractivity contribution in [1.29, 1.82) is 0 Å². The normalized spacial score (nSPS) is 12.0. The number of para-hydroxylation sites is 1. The first-order chi connectivity index (χ1) is 12.5. The summed E-state index contributed by atoms with van der Waals surface area (Å²) in [7, 11) is 0. The van der Waals surface area contributed by atoms with Crippen LogP contribution in [-0.2, 0) is 0 Å². The Bertz CT molecular complexity index is 1070. The number of benzene rings is 3. The van der Waals surface area contributed by atoms with Gasteiger partial charge in [0.25, 0.3) is 0 Å². The van der Waals surface area contributed by atoms with Crippen molar-refractivity contribution < 1.29 is 4.42 Å². The third-order valence-corrected chi connectivity index (χ3v) is 6.60. The van der Waals surface area contributed by atoms with Crippen molar-refractivity contribution in [2.45, 2.75) is 39.5 Å². The summed E-state index contributed by atoms with van der Waals surface area (Å²) >= 11 is 1.84. The first kappa shape index (κ1) is 17.7. The molecular formula is C24H23OSb. The molecule has 26 heavy (non-hydrogen) atoms. The van der Waals surface area contributed by atoms with E-state index in [0.29, 0.717) is 11.8 Å². The fourth-order valence-corrected chi connectivity index (χ4v) is 5.47. The Morgan fingerprint density at radius 1 is 0.692 bits per heavy atom. The molecule has 0 aliphatic rings. The second kappa shape index (κ2) is 6.78. The van der Waals surface area contributed by atoms with Crippen molar-refractivity contribution in [2.24, 2.45) is 0 Å². The van der Waals surface area contributed by atoms with Crippen molar-refractivity contribution in [3.63, 3.8) is 0 Å². The van der Waals surface area contributed by atoms with Crippen LogP contribution in [0.3, 0.4) is 0 Å². The van der Waals surface area contributed by atoms with Gasteiger partial charge in [-0.1, -0.05) is 0 Å². The summed E-state index contributed by atoms with van der Waals surface area (Å²) in [6.45, 7) is 9.14. The second-order valence-electron chi connectivity index (χ2n) is 7.62. The first-order valence-corrected chi connectivity index (χ1v) is 10.5. The first-order valence-electron chi connectivity index (χ1n) is 9.24. The van der Waals surface area contributed by atoms with Gasteiger partial charge in [-0.3, -0.25) is 0 Å². The van der Waals surface area contributed by atoms with Gasteiger partial charge in [-0.05, 0) is 0 Å². The molecule has 1 aromatic heterocycles. The molecule has 0 atom stereocenters. The molecular weight excluding hydrogens is 426 g/mol. The Labute approximate surface area is 168 Å². The number of furan rings is 1. The van der Waals surface area contributed by atoms with Crippen molar-refractivity contribution in [3.05, 3.63) is 65.7 Å². The molecule has 130 valence electrons. The fraction of sp³-hybridized carbons (Fsp3) is 0.250. The van der Waals surface area contributed by atoms with Crippen LogP contribution in [-0.4, -0.2) is 23.0 Å². The molecule has 0 N–H and O–H groups in total. The molecule has 2 heteroatoms. The van der Waals surface area contributed by atoms with Gasteiger partial charge in [-0.2, -0.15) is 0 Å². The summed E-state index contributed by atoms with van der Waals surface area (Å²) in [5, 5.41) is 2.37. The van der Waals surface area contributed by atoms with E-state index >= 15 is 0 Å². The fourth-order valence-electron chi connectivity index (χ4n) is 3.63. The Morgan fingerprint density at radius 3 is 1.96 bits per heavy atom. The summed E-state index contributed by atoms with van der Waals surface area (Å²) < 4.78 is 7.58. The Hall–Kier alpha value is -1.72. The molecule has 0 unspecified atom stereocenters. The molecule has 0 spiro atoms. The van der Waals surface area contributed by atoms with Gasteiger partial charge in [0.1, 0.15) is 0 Å². The van der Waals surface area contributed by atoms with Crippen LogP contribution in [0.2, 0.25) is 0 Å². The Balaban J connectivity index is 1.93. The standard InChI is InChI=1S/C24H23O.Sb/c1-15(2)18-11-19(16(3)4)13-20(12-18)17-9-10-22-21-7-5-6-8-23(21)25-24(22)14-17;/h5-10,12-16H,1-4H3;. The van der Waals surface area contributed by atoms with Gasteiger partial charge >= 0.3 is 169 Å². The van der Waals surface area contributed by atoms with Crippen LogP contribution in [0.5, 0.6) is 0 Å². The topological polar surface area (TPSA) is 13.1 Å². The van der Waals surface area contributed by atoms with E-state index in [1.807, 2.05) is 35.2 Å². The molecule has 4 rings (SSSR count). The van der Waals surface area contributed by atoms with E-state index in [1.165, 1.54) is 36.5 Å². The van der Waals surface area contributed by atoms with Crippen LogP contribution in [0, 0.1) is 0 Å². The minimum atomic E-state index is 0.529. The molecule has 0 aliphatic carbocycles. The maximum absolute atomic E-state index is 6.10. The maximum atomic E-state index is 6.10. The molecule has 3 aromatic carbocycles. The molecule has 0 saturated carbocycles. The third-order valence-electron chi connectivity index (χ3n) is 5.12. The van der Waals surface area contributed by atoms with Crippen LogP contribution in [0.25, 0.3) is 33.1 Å². The minimum absolute atomic E-state index is 0.529. The van der Waals surface area contributed by atoms with Gasteiger partial charge < -0.3 is 0 Å². The molecule has 0 saturated heterocycles.